The zero-order chi connectivity index (χ0) is 70.4. The summed E-state index contributed by atoms with van der Waals surface area (Å²) in [5, 5.41) is 18.9. The van der Waals surface area contributed by atoms with E-state index in [1.54, 1.807) is 60.9 Å². The van der Waals surface area contributed by atoms with Crippen molar-refractivity contribution in [3.63, 3.8) is 0 Å². The minimum atomic E-state index is -1.00. The Labute approximate surface area is 807 Å². The zero-order valence-corrected chi connectivity index (χ0v) is 68.5. The maximum atomic E-state index is 13.2. The summed E-state index contributed by atoms with van der Waals surface area (Å²) < 4.78 is 51.6. The molecule has 0 spiro atoms. The van der Waals surface area contributed by atoms with Crippen molar-refractivity contribution in [3.05, 3.63) is 313 Å². The molecule has 10 rings (SSSR count). The van der Waals surface area contributed by atoms with Gasteiger partial charge >= 0.3 is 41.9 Å². The fourth-order valence-corrected chi connectivity index (χ4v) is 11.6. The van der Waals surface area contributed by atoms with E-state index >= 15 is 0 Å². The first-order valence-electron chi connectivity index (χ1n) is 33.2. The molecule has 0 aliphatic carbocycles. The van der Waals surface area contributed by atoms with Crippen LogP contribution in [-0.2, 0) is 40.2 Å². The standard InChI is InChI=1S/C32H39NO2.C29H33NO2.2C11H6F2N.5Ar.BHS2.2Ir/c1-4-6-11-25(5-2)16-18-28(27-12-8-7-9-13-27)17-15-24(3)26-19-21-29(22-20-26)30-14-10-23-33-31(30)32(34)35;1-3-5-7-11-24(23-12-8-6-9-13-23)16-15-22(4-2)25-17-19-26(20-18-25)27-14-10-21-30-28(27)29(31)32;2*12-8-4-5-9(10(13)7-8)11-3-1-2-6-14-11;;;;;;2-1-3;;/h5,7-10,12-14,19-25,28H,2,4,6,11,15-18H2,1,3H3,(H,34,35);3,5-6,8-10,12-14,17-22,24H,4,7,11,15-16H2,1-2H3,(H,31,32);2*1-4,6-7H;;;;;;2H;;/q;;2*-1;;;;;;;;/b;5-3+;;;;;;;;;;. The van der Waals surface area contributed by atoms with Crippen LogP contribution in [0, 0.1) is 230 Å². The number of aromatic carboxylic acids is 2. The topological polar surface area (TPSA) is 126 Å². The van der Waals surface area contributed by atoms with Crippen molar-refractivity contribution >= 4 is 41.9 Å². The van der Waals surface area contributed by atoms with Gasteiger partial charge in [0.25, 0.3) is 0 Å². The van der Waals surface area contributed by atoms with Crippen molar-refractivity contribution in [2.75, 3.05) is 0 Å². The predicted octanol–water partition coefficient (Wildman–Crippen LogP) is 23.0. The second-order valence-corrected chi connectivity index (χ2v) is 24.4. The Morgan fingerprint density at radius 1 is 0.524 bits per heavy atom. The van der Waals surface area contributed by atoms with E-state index in [1.165, 1.54) is 78.6 Å². The van der Waals surface area contributed by atoms with Crippen molar-refractivity contribution in [3.8, 4) is 44.8 Å². The summed E-state index contributed by atoms with van der Waals surface area (Å²) in [6.07, 6.45) is 26.7. The van der Waals surface area contributed by atoms with Gasteiger partial charge in [0, 0.05) is 288 Å². The second-order valence-electron chi connectivity index (χ2n) is 23.5. The number of pyridine rings is 4. The van der Waals surface area contributed by atoms with Crippen LogP contribution in [0.5, 0.6) is 0 Å². The van der Waals surface area contributed by atoms with E-state index in [0.717, 1.165) is 73.9 Å². The minimum absolute atomic E-state index is 0. The number of carboxylic acids is 2. The van der Waals surface area contributed by atoms with E-state index in [2.05, 4.69) is 194 Å². The summed E-state index contributed by atoms with van der Waals surface area (Å²) in [6.45, 7) is 13.0. The van der Waals surface area contributed by atoms with Crippen molar-refractivity contribution in [1.82, 2.24) is 19.9 Å². The third kappa shape index (κ3) is 37.2. The van der Waals surface area contributed by atoms with Crippen molar-refractivity contribution in [2.45, 2.75) is 128 Å². The molecule has 0 aliphatic heterocycles. The molecule has 105 heavy (non-hydrogen) atoms. The number of carboxylic acid groups (broad SMARTS) is 2. The molecule has 0 aliphatic rings. The zero-order valence-electron chi connectivity index (χ0n) is 58.5. The van der Waals surface area contributed by atoms with Crippen LogP contribution in [0.25, 0.3) is 44.8 Å². The van der Waals surface area contributed by atoms with Crippen LogP contribution in [-0.4, -0.2) is 47.5 Å². The summed E-state index contributed by atoms with van der Waals surface area (Å²) in [5.74, 6) is -1.93. The molecule has 0 fully saturated rings. The van der Waals surface area contributed by atoms with Gasteiger partial charge in [-0.25, -0.2) is 19.6 Å². The van der Waals surface area contributed by atoms with Crippen molar-refractivity contribution in [1.29, 1.82) is 0 Å². The number of halogens is 4. The van der Waals surface area contributed by atoms with Crippen LogP contribution in [0.2, 0.25) is 0 Å². The van der Waals surface area contributed by atoms with Crippen molar-refractivity contribution in [2.24, 2.45) is 5.92 Å². The van der Waals surface area contributed by atoms with Gasteiger partial charge in [-0.1, -0.05) is 221 Å². The molecule has 4 heterocycles. The number of unbranched alkanes of at least 4 members (excludes halogenated alkanes) is 1. The van der Waals surface area contributed by atoms with E-state index in [0.29, 0.717) is 52.1 Å². The van der Waals surface area contributed by atoms with Crippen molar-refractivity contribution < 1.29 is 266 Å². The number of hydrogen-bond acceptors (Lipinski definition) is 7. The summed E-state index contributed by atoms with van der Waals surface area (Å²) in [5.41, 5.74) is 11.3. The third-order valence-electron chi connectivity index (χ3n) is 17.0. The van der Waals surface area contributed by atoms with Gasteiger partial charge in [0.2, 0.25) is 0 Å². The smallest absolute Gasteiger partial charge is 0 e. The number of nitrogens with zero attached hydrogens (tertiary/aromatic N) is 4. The number of allylic oxidation sites excluding steroid dienone is 3. The van der Waals surface area contributed by atoms with Gasteiger partial charge in [0.1, 0.15) is 0 Å². The molecule has 6 aromatic carbocycles. The van der Waals surface area contributed by atoms with E-state index in [9.17, 15) is 37.4 Å². The van der Waals surface area contributed by atoms with Crippen LogP contribution in [0.15, 0.2) is 244 Å². The van der Waals surface area contributed by atoms with Gasteiger partial charge in [-0.2, -0.15) is 0 Å². The number of benzene rings is 6. The number of rotatable bonds is 27. The molecule has 8 nitrogen and oxygen atoms in total. The minimum Gasteiger partial charge on any atom is 0 e. The Balaban J connectivity index is 0. The molecule has 564 valence electrons. The molecule has 0 saturated heterocycles. The SMILES string of the molecule is C/C=C/CCC(CCC(CC)c1ccc(-c2cccnc2C(=O)O)cc1)c1ccccc1.C=CC(CCCC)CCC(CCC(C)c1ccc(-c2cccnc2C(=O)O)cc1)c1ccccc1.Fc1c[c-]c(-c2ccccn2)c(F)c1.Fc1c[c-]c(-c2ccccn2)c(F)c1.S=BS.[Ar].[Ar].[Ar].[Ar].[Ar].[Ir].[Ir]. The Bertz CT molecular complexity index is 3980. The third-order valence-corrected chi connectivity index (χ3v) is 17.0. The maximum Gasteiger partial charge on any atom is 0 e. The molecule has 2 radical (unpaired) electrons. The molecule has 0 bridgehead atoms. The first-order chi connectivity index (χ1) is 47.6. The van der Waals surface area contributed by atoms with E-state index in [4.69, 9.17) is 0 Å². The van der Waals surface area contributed by atoms with Crippen LogP contribution >= 0.6 is 24.5 Å². The van der Waals surface area contributed by atoms with Gasteiger partial charge in [0.15, 0.2) is 11.4 Å². The van der Waals surface area contributed by atoms with E-state index in [-0.39, 0.29) is 251 Å². The molecule has 22 heteroatoms. The monoisotopic (exact) mass is 1940 g/mol. The largest absolute Gasteiger partial charge is 0 e. The van der Waals surface area contributed by atoms with E-state index in [1.807, 2.05) is 36.4 Å². The quantitative estimate of drug-likeness (QED) is 0.0152. The van der Waals surface area contributed by atoms with Crippen LogP contribution in [0.3, 0.4) is 0 Å². The van der Waals surface area contributed by atoms with Crippen LogP contribution in [0.4, 0.5) is 17.6 Å². The molecule has 2 N–H and O–H groups in total. The van der Waals surface area contributed by atoms with E-state index < -0.39 is 35.2 Å². The summed E-state index contributed by atoms with van der Waals surface area (Å²) in [4.78, 5) is 39.0. The Morgan fingerprint density at radius 2 is 0.914 bits per heavy atom. The Kier molecular flexibility index (Phi) is 61.1. The predicted molar refractivity (Wildman–Crippen MR) is 397 cm³/mol. The normalized spacial score (nSPS) is 11.4. The summed E-state index contributed by atoms with van der Waals surface area (Å²) >= 11 is 7.61. The molecule has 10 aromatic rings. The molecule has 0 amide bonds. The number of hydrogen-bond donors (Lipinski definition) is 3. The Morgan fingerprint density at radius 3 is 1.30 bits per heavy atom. The van der Waals surface area contributed by atoms with Gasteiger partial charge < -0.3 is 20.2 Å². The van der Waals surface area contributed by atoms with Gasteiger partial charge in [0.05, 0.1) is 0 Å². The first kappa shape index (κ1) is 105. The first-order valence-corrected chi connectivity index (χ1v) is 34.2. The molecular formula is C83H85Ar5BF4Ir2N4O4S2-2. The molecule has 5 unspecified atom stereocenters. The van der Waals surface area contributed by atoms with Gasteiger partial charge in [-0.3, -0.25) is 17.6 Å². The Hall–Kier alpha value is -1.71. The summed E-state index contributed by atoms with van der Waals surface area (Å²) in [7, 11) is 0. The molecule has 5 atom stereocenters. The number of aromatic nitrogens is 4. The summed E-state index contributed by atoms with van der Waals surface area (Å²) in [6, 6.07) is 64.7. The van der Waals surface area contributed by atoms with Crippen LogP contribution in [0.1, 0.15) is 172 Å². The van der Waals surface area contributed by atoms with Gasteiger partial charge in [-0.05, 0) is 170 Å². The van der Waals surface area contributed by atoms with Gasteiger partial charge in [-0.15, -0.1) is 30.8 Å². The fraction of sp³-hybridized carbons (Fsp3) is 0.253. The molecule has 0 saturated carbocycles. The number of thiol groups is 1. The molecular weight excluding hydrogens is 1850 g/mol. The maximum absolute atomic E-state index is 13.2. The molecule has 4 aromatic heterocycles. The fourth-order valence-electron chi connectivity index (χ4n) is 11.6. The number of carbonyl (C=O) groups is 2. The van der Waals surface area contributed by atoms with Crippen LogP contribution < -0.4 is 0 Å². The second kappa shape index (κ2) is 60.9. The average molecular weight is 1940 g/mol. The average Bonchev–Trinajstić information content (AvgIpc) is 0.834.